The first-order valence-corrected chi connectivity index (χ1v) is 6.68. The summed E-state index contributed by atoms with van der Waals surface area (Å²) in [4.78, 5) is 0. The van der Waals surface area contributed by atoms with Crippen molar-refractivity contribution in [3.63, 3.8) is 0 Å². The van der Waals surface area contributed by atoms with E-state index in [9.17, 15) is 0 Å². The van der Waals surface area contributed by atoms with Crippen molar-refractivity contribution in [2.45, 2.75) is 32.9 Å². The molecule has 0 fully saturated rings. The van der Waals surface area contributed by atoms with Crippen LogP contribution in [0, 0.1) is 0 Å². The number of rotatable bonds is 7. The molecule has 0 aliphatic carbocycles. The van der Waals surface area contributed by atoms with Crippen LogP contribution < -0.4 is 10.1 Å². The van der Waals surface area contributed by atoms with E-state index in [4.69, 9.17) is 9.84 Å². The van der Waals surface area contributed by atoms with Gasteiger partial charge in [0.25, 0.3) is 0 Å². The summed E-state index contributed by atoms with van der Waals surface area (Å²) in [5.74, 6) is 0.884. The molecule has 0 radical (unpaired) electrons. The summed E-state index contributed by atoms with van der Waals surface area (Å²) in [6, 6.07) is 6.43. The van der Waals surface area contributed by atoms with E-state index in [0.717, 1.165) is 22.3 Å². The highest BCUT2D eigenvalue weighted by Gasteiger charge is 2.05. The third-order valence-corrected chi connectivity index (χ3v) is 2.78. The minimum atomic E-state index is 0.163. The van der Waals surface area contributed by atoms with E-state index in [-0.39, 0.29) is 6.61 Å². The smallest absolute Gasteiger partial charge is 0.123 e. The van der Waals surface area contributed by atoms with Crippen LogP contribution in [0.25, 0.3) is 0 Å². The zero-order valence-electron chi connectivity index (χ0n) is 10.4. The van der Waals surface area contributed by atoms with Crippen LogP contribution in [0.4, 0.5) is 0 Å². The van der Waals surface area contributed by atoms with Gasteiger partial charge in [-0.2, -0.15) is 0 Å². The summed E-state index contributed by atoms with van der Waals surface area (Å²) in [6.45, 7) is 5.73. The lowest BCUT2D eigenvalue weighted by molar-refractivity contribution is 0.232. The average molecular weight is 302 g/mol. The molecule has 2 N–H and O–H groups in total. The van der Waals surface area contributed by atoms with Crippen molar-refractivity contribution in [1.29, 1.82) is 0 Å². The molecule has 0 aliphatic heterocycles. The fraction of sp³-hybridized carbons (Fsp3) is 0.538. The summed E-state index contributed by atoms with van der Waals surface area (Å²) in [6.07, 6.45) is 0.660. The molecule has 1 aromatic rings. The van der Waals surface area contributed by atoms with Crippen molar-refractivity contribution in [3.05, 3.63) is 28.2 Å². The minimum Gasteiger partial charge on any atom is -0.493 e. The Labute approximate surface area is 111 Å². The number of hydrogen-bond donors (Lipinski definition) is 2. The molecule has 4 heteroatoms. The molecule has 0 saturated heterocycles. The second kappa shape index (κ2) is 7.69. The van der Waals surface area contributed by atoms with Crippen LogP contribution in [-0.2, 0) is 6.54 Å². The normalized spacial score (nSPS) is 10.9. The molecule has 0 heterocycles. The van der Waals surface area contributed by atoms with E-state index < -0.39 is 0 Å². The number of aliphatic hydroxyl groups is 1. The molecule has 0 bridgehead atoms. The van der Waals surface area contributed by atoms with Gasteiger partial charge in [-0.05, 0) is 18.2 Å². The molecule has 0 aliphatic rings. The summed E-state index contributed by atoms with van der Waals surface area (Å²) in [7, 11) is 0. The molecule has 0 unspecified atom stereocenters. The van der Waals surface area contributed by atoms with Crippen LogP contribution in [0.5, 0.6) is 5.75 Å². The van der Waals surface area contributed by atoms with Gasteiger partial charge < -0.3 is 15.2 Å². The molecule has 17 heavy (non-hydrogen) atoms. The van der Waals surface area contributed by atoms with E-state index in [1.807, 2.05) is 12.1 Å². The Morgan fingerprint density at radius 2 is 2.18 bits per heavy atom. The molecular formula is C13H20BrNO2. The van der Waals surface area contributed by atoms with Gasteiger partial charge in [-0.25, -0.2) is 0 Å². The predicted molar refractivity (Wildman–Crippen MR) is 73.3 cm³/mol. The number of ether oxygens (including phenoxy) is 1. The molecule has 0 saturated carbocycles. The van der Waals surface area contributed by atoms with Crippen LogP contribution in [-0.4, -0.2) is 24.4 Å². The van der Waals surface area contributed by atoms with Gasteiger partial charge in [-0.1, -0.05) is 29.8 Å². The lowest BCUT2D eigenvalue weighted by Crippen LogP contribution is -2.22. The first-order valence-electron chi connectivity index (χ1n) is 5.89. The van der Waals surface area contributed by atoms with Gasteiger partial charge in [0.1, 0.15) is 5.75 Å². The monoisotopic (exact) mass is 301 g/mol. The number of aliphatic hydroxyl groups excluding tert-OH is 1. The average Bonchev–Trinajstić information content (AvgIpc) is 2.29. The van der Waals surface area contributed by atoms with Crippen molar-refractivity contribution in [1.82, 2.24) is 5.32 Å². The van der Waals surface area contributed by atoms with Crippen LogP contribution >= 0.6 is 15.9 Å². The second-order valence-corrected chi connectivity index (χ2v) is 5.13. The molecule has 1 aromatic carbocycles. The Morgan fingerprint density at radius 1 is 1.41 bits per heavy atom. The summed E-state index contributed by atoms with van der Waals surface area (Å²) in [5.41, 5.74) is 1.13. The quantitative estimate of drug-likeness (QED) is 0.761. The van der Waals surface area contributed by atoms with E-state index in [2.05, 4.69) is 41.2 Å². The molecule has 0 atom stereocenters. The molecule has 1 rings (SSSR count). The van der Waals surface area contributed by atoms with Crippen molar-refractivity contribution >= 4 is 15.9 Å². The number of benzene rings is 1. The maximum absolute atomic E-state index is 8.73. The zero-order valence-corrected chi connectivity index (χ0v) is 12.0. The largest absolute Gasteiger partial charge is 0.493 e. The lowest BCUT2D eigenvalue weighted by Gasteiger charge is -2.14. The molecule has 3 nitrogen and oxygen atoms in total. The van der Waals surface area contributed by atoms with E-state index in [1.54, 1.807) is 0 Å². The summed E-state index contributed by atoms with van der Waals surface area (Å²) in [5, 5.41) is 12.1. The van der Waals surface area contributed by atoms with Crippen LogP contribution in [0.3, 0.4) is 0 Å². The number of hydrogen-bond acceptors (Lipinski definition) is 3. The SMILES string of the molecule is CC(C)NCc1cc(Br)ccc1OCCCO. The van der Waals surface area contributed by atoms with Crippen molar-refractivity contribution in [2.75, 3.05) is 13.2 Å². The Hall–Kier alpha value is -0.580. The van der Waals surface area contributed by atoms with E-state index in [0.29, 0.717) is 19.1 Å². The first-order chi connectivity index (χ1) is 8.13. The predicted octanol–water partition coefficient (Wildman–Crippen LogP) is 2.71. The van der Waals surface area contributed by atoms with E-state index >= 15 is 0 Å². The fourth-order valence-electron chi connectivity index (χ4n) is 1.39. The third kappa shape index (κ3) is 5.52. The lowest BCUT2D eigenvalue weighted by atomic mass is 10.2. The zero-order chi connectivity index (χ0) is 12.7. The van der Waals surface area contributed by atoms with Crippen LogP contribution in [0.2, 0.25) is 0 Å². The Morgan fingerprint density at radius 3 is 2.82 bits per heavy atom. The van der Waals surface area contributed by atoms with Gasteiger partial charge in [0.05, 0.1) is 6.61 Å². The van der Waals surface area contributed by atoms with Crippen LogP contribution in [0.1, 0.15) is 25.8 Å². The van der Waals surface area contributed by atoms with Crippen LogP contribution in [0.15, 0.2) is 22.7 Å². The van der Waals surface area contributed by atoms with Crippen molar-refractivity contribution in [2.24, 2.45) is 0 Å². The molecule has 0 amide bonds. The standard InChI is InChI=1S/C13H20BrNO2/c1-10(2)15-9-11-8-12(14)4-5-13(11)17-7-3-6-16/h4-5,8,10,15-16H,3,6-7,9H2,1-2H3. The Kier molecular flexibility index (Phi) is 6.55. The van der Waals surface area contributed by atoms with Gasteiger partial charge in [0.2, 0.25) is 0 Å². The highest BCUT2D eigenvalue weighted by Crippen LogP contribution is 2.23. The van der Waals surface area contributed by atoms with Gasteiger partial charge in [-0.3, -0.25) is 0 Å². The number of halogens is 1. The maximum atomic E-state index is 8.73. The summed E-state index contributed by atoms with van der Waals surface area (Å²) >= 11 is 3.46. The van der Waals surface area contributed by atoms with Gasteiger partial charge >= 0.3 is 0 Å². The summed E-state index contributed by atoms with van der Waals surface area (Å²) < 4.78 is 6.69. The fourth-order valence-corrected chi connectivity index (χ4v) is 1.80. The molecule has 0 aromatic heterocycles. The van der Waals surface area contributed by atoms with Gasteiger partial charge in [0, 0.05) is 35.7 Å². The second-order valence-electron chi connectivity index (χ2n) is 4.21. The van der Waals surface area contributed by atoms with Gasteiger partial charge in [-0.15, -0.1) is 0 Å². The molecule has 96 valence electrons. The highest BCUT2D eigenvalue weighted by molar-refractivity contribution is 9.10. The topological polar surface area (TPSA) is 41.5 Å². The molecule has 0 spiro atoms. The van der Waals surface area contributed by atoms with E-state index in [1.165, 1.54) is 0 Å². The minimum absolute atomic E-state index is 0.163. The van der Waals surface area contributed by atoms with Gasteiger partial charge in [0.15, 0.2) is 0 Å². The maximum Gasteiger partial charge on any atom is 0.123 e. The third-order valence-electron chi connectivity index (χ3n) is 2.28. The first kappa shape index (κ1) is 14.5. The highest BCUT2D eigenvalue weighted by atomic mass is 79.9. The molecular weight excluding hydrogens is 282 g/mol. The van der Waals surface area contributed by atoms with Crippen molar-refractivity contribution in [3.8, 4) is 5.75 Å². The van der Waals surface area contributed by atoms with Crippen molar-refractivity contribution < 1.29 is 9.84 Å². The Bertz CT molecular complexity index is 342. The Balaban J connectivity index is 2.66. The number of nitrogens with one attached hydrogen (secondary N) is 1.